The summed E-state index contributed by atoms with van der Waals surface area (Å²) in [7, 11) is 0. The van der Waals surface area contributed by atoms with E-state index in [0.29, 0.717) is 32.6 Å². The zero-order chi connectivity index (χ0) is 18.1. The van der Waals surface area contributed by atoms with Crippen LogP contribution in [0.5, 0.6) is 0 Å². The number of nitrogens with zero attached hydrogens (tertiary/aromatic N) is 3. The smallest absolute Gasteiger partial charge is 0.275 e. The van der Waals surface area contributed by atoms with Crippen LogP contribution in [-0.2, 0) is 11.3 Å². The number of hydrogen-bond acceptors (Lipinski definition) is 3. The fraction of sp³-hybridized carbons (Fsp3) is 0.350. The molecule has 2 fully saturated rings. The maximum Gasteiger partial charge on any atom is 0.275 e. The predicted molar refractivity (Wildman–Crippen MR) is 93.6 cm³/mol. The van der Waals surface area contributed by atoms with Gasteiger partial charge in [-0.25, -0.2) is 9.37 Å². The lowest BCUT2D eigenvalue weighted by Gasteiger charge is -2.34. The van der Waals surface area contributed by atoms with E-state index >= 15 is 0 Å². The quantitative estimate of drug-likeness (QED) is 0.851. The van der Waals surface area contributed by atoms with Crippen molar-refractivity contribution < 1.29 is 14.0 Å². The number of fused-ring (bicyclic) bond motifs is 1. The first-order valence-corrected chi connectivity index (χ1v) is 8.83. The number of likely N-dealkylation sites (tertiary alicyclic amines) is 2. The number of rotatable bonds is 3. The van der Waals surface area contributed by atoms with Crippen molar-refractivity contribution >= 4 is 11.8 Å². The van der Waals surface area contributed by atoms with Crippen LogP contribution in [0.1, 0.15) is 22.5 Å². The van der Waals surface area contributed by atoms with Crippen molar-refractivity contribution in [2.45, 2.75) is 13.0 Å². The summed E-state index contributed by atoms with van der Waals surface area (Å²) < 4.78 is 13.9. The number of piperidine rings is 1. The summed E-state index contributed by atoms with van der Waals surface area (Å²) in [6.45, 7) is 2.25. The maximum atomic E-state index is 13.9. The number of carbonyl (C=O) groups excluding carboxylic acids is 2. The van der Waals surface area contributed by atoms with Crippen LogP contribution in [0.3, 0.4) is 0 Å². The third-order valence-corrected chi connectivity index (χ3v) is 5.29. The second kappa shape index (κ2) is 6.86. The lowest BCUT2D eigenvalue weighted by molar-refractivity contribution is -0.136. The van der Waals surface area contributed by atoms with Gasteiger partial charge in [-0.2, -0.15) is 0 Å². The number of aromatic nitrogens is 1. The Kier molecular flexibility index (Phi) is 4.41. The third kappa shape index (κ3) is 3.19. The molecule has 1 aromatic heterocycles. The van der Waals surface area contributed by atoms with Gasteiger partial charge >= 0.3 is 0 Å². The number of pyridine rings is 1. The van der Waals surface area contributed by atoms with E-state index in [-0.39, 0.29) is 29.3 Å². The van der Waals surface area contributed by atoms with Crippen LogP contribution in [0.2, 0.25) is 0 Å². The number of benzene rings is 1. The first-order chi connectivity index (χ1) is 12.6. The molecule has 2 amide bonds. The van der Waals surface area contributed by atoms with Crippen LogP contribution in [0.15, 0.2) is 48.7 Å². The van der Waals surface area contributed by atoms with Crippen LogP contribution in [0.25, 0.3) is 0 Å². The first-order valence-electron chi connectivity index (χ1n) is 8.83. The van der Waals surface area contributed by atoms with E-state index in [0.717, 1.165) is 5.56 Å². The van der Waals surface area contributed by atoms with Gasteiger partial charge in [-0.1, -0.05) is 30.3 Å². The molecule has 0 radical (unpaired) electrons. The Labute approximate surface area is 151 Å². The van der Waals surface area contributed by atoms with E-state index in [2.05, 4.69) is 4.98 Å². The van der Waals surface area contributed by atoms with Gasteiger partial charge in [0, 0.05) is 38.8 Å². The van der Waals surface area contributed by atoms with Crippen LogP contribution in [0, 0.1) is 17.7 Å². The molecule has 0 bridgehead atoms. The summed E-state index contributed by atoms with van der Waals surface area (Å²) in [5.74, 6) is -0.500. The molecular formula is C20H20FN3O2. The molecule has 0 saturated carbocycles. The Morgan fingerprint density at radius 1 is 1.08 bits per heavy atom. The number of carbonyl (C=O) groups is 2. The predicted octanol–water partition coefficient (Wildman–Crippen LogP) is 2.34. The normalized spacial score (nSPS) is 22.4. The highest BCUT2D eigenvalue weighted by Crippen LogP contribution is 2.33. The van der Waals surface area contributed by atoms with E-state index in [9.17, 15) is 14.0 Å². The van der Waals surface area contributed by atoms with Gasteiger partial charge in [-0.3, -0.25) is 9.59 Å². The molecule has 5 nitrogen and oxygen atoms in total. The molecule has 2 aliphatic rings. The highest BCUT2D eigenvalue weighted by atomic mass is 19.1. The summed E-state index contributed by atoms with van der Waals surface area (Å²) in [5, 5.41) is 0. The second-order valence-corrected chi connectivity index (χ2v) is 7.03. The fourth-order valence-electron chi connectivity index (χ4n) is 3.93. The maximum absolute atomic E-state index is 13.9. The van der Waals surface area contributed by atoms with Crippen LogP contribution < -0.4 is 0 Å². The Hall–Kier alpha value is -2.76. The first kappa shape index (κ1) is 16.7. The zero-order valence-electron chi connectivity index (χ0n) is 14.3. The lowest BCUT2D eigenvalue weighted by atomic mass is 9.88. The van der Waals surface area contributed by atoms with E-state index in [4.69, 9.17) is 0 Å². The SMILES string of the molecule is O=C1C[C@H]2CN(C(=O)c3ncccc3F)C[C@H]2CN1Cc1ccccc1. The summed E-state index contributed by atoms with van der Waals surface area (Å²) in [4.78, 5) is 32.5. The average molecular weight is 353 g/mol. The molecule has 0 unspecified atom stereocenters. The van der Waals surface area contributed by atoms with Crippen molar-refractivity contribution in [3.63, 3.8) is 0 Å². The van der Waals surface area contributed by atoms with Crippen LogP contribution >= 0.6 is 0 Å². The van der Waals surface area contributed by atoms with Gasteiger partial charge < -0.3 is 9.80 Å². The molecule has 134 valence electrons. The standard InChI is InChI=1S/C20H20FN3O2/c21-17-7-4-8-22-19(17)20(26)24-11-15-9-18(25)23(12-16(15)13-24)10-14-5-2-1-3-6-14/h1-8,15-16H,9-13H2/t15-,16+/m0/s1. The van der Waals surface area contributed by atoms with Crippen molar-refractivity contribution in [3.8, 4) is 0 Å². The molecule has 2 aromatic rings. The Morgan fingerprint density at radius 3 is 2.62 bits per heavy atom. The summed E-state index contributed by atoms with van der Waals surface area (Å²) in [5.41, 5.74) is 0.958. The minimum Gasteiger partial charge on any atom is -0.338 e. The second-order valence-electron chi connectivity index (χ2n) is 7.03. The lowest BCUT2D eigenvalue weighted by Crippen LogP contribution is -2.43. The largest absolute Gasteiger partial charge is 0.338 e. The van der Waals surface area contributed by atoms with Gasteiger partial charge in [0.15, 0.2) is 11.5 Å². The summed E-state index contributed by atoms with van der Waals surface area (Å²) >= 11 is 0. The van der Waals surface area contributed by atoms with Gasteiger partial charge in [0.25, 0.3) is 5.91 Å². The van der Waals surface area contributed by atoms with E-state index in [1.807, 2.05) is 35.2 Å². The molecule has 2 atom stereocenters. The van der Waals surface area contributed by atoms with E-state index in [1.165, 1.54) is 18.3 Å². The molecule has 2 aliphatic heterocycles. The fourth-order valence-corrected chi connectivity index (χ4v) is 3.93. The molecule has 6 heteroatoms. The van der Waals surface area contributed by atoms with Crippen molar-refractivity contribution in [1.82, 2.24) is 14.8 Å². The molecule has 0 N–H and O–H groups in total. The molecule has 1 aromatic carbocycles. The van der Waals surface area contributed by atoms with E-state index < -0.39 is 5.82 Å². The topological polar surface area (TPSA) is 53.5 Å². The van der Waals surface area contributed by atoms with Crippen molar-refractivity contribution in [2.24, 2.45) is 11.8 Å². The van der Waals surface area contributed by atoms with Crippen LogP contribution in [-0.4, -0.2) is 46.2 Å². The summed E-state index contributed by atoms with van der Waals surface area (Å²) in [6, 6.07) is 12.6. The molecule has 3 heterocycles. The average Bonchev–Trinajstić information content (AvgIpc) is 3.05. The molecule has 4 rings (SSSR count). The number of hydrogen-bond donors (Lipinski definition) is 0. The number of halogens is 1. The molecule has 2 saturated heterocycles. The highest BCUT2D eigenvalue weighted by molar-refractivity contribution is 5.93. The third-order valence-electron chi connectivity index (χ3n) is 5.29. The van der Waals surface area contributed by atoms with Crippen molar-refractivity contribution in [3.05, 3.63) is 65.7 Å². The van der Waals surface area contributed by atoms with Gasteiger partial charge in [0.2, 0.25) is 5.91 Å². The Balaban J connectivity index is 1.45. The van der Waals surface area contributed by atoms with Crippen molar-refractivity contribution in [1.29, 1.82) is 0 Å². The Bertz CT molecular complexity index is 827. The van der Waals surface area contributed by atoms with Gasteiger partial charge in [-0.15, -0.1) is 0 Å². The molecule has 26 heavy (non-hydrogen) atoms. The number of amides is 2. The Morgan fingerprint density at radius 2 is 1.85 bits per heavy atom. The minimum absolute atomic E-state index is 0.119. The van der Waals surface area contributed by atoms with Crippen LogP contribution in [0.4, 0.5) is 4.39 Å². The summed E-state index contributed by atoms with van der Waals surface area (Å²) in [6.07, 6.45) is 1.86. The molecular weight excluding hydrogens is 333 g/mol. The van der Waals surface area contributed by atoms with Crippen molar-refractivity contribution in [2.75, 3.05) is 19.6 Å². The van der Waals surface area contributed by atoms with Gasteiger partial charge in [0.1, 0.15) is 0 Å². The molecule has 0 spiro atoms. The van der Waals surface area contributed by atoms with Gasteiger partial charge in [0.05, 0.1) is 0 Å². The minimum atomic E-state index is -0.603. The zero-order valence-corrected chi connectivity index (χ0v) is 14.3. The van der Waals surface area contributed by atoms with Gasteiger partial charge in [-0.05, 0) is 29.5 Å². The van der Waals surface area contributed by atoms with E-state index in [1.54, 1.807) is 4.90 Å². The molecule has 0 aliphatic carbocycles. The monoisotopic (exact) mass is 353 g/mol. The highest BCUT2D eigenvalue weighted by Gasteiger charge is 2.42.